The van der Waals surface area contributed by atoms with E-state index in [1.54, 1.807) is 0 Å². The van der Waals surface area contributed by atoms with Crippen LogP contribution in [0.5, 0.6) is 0 Å². The van der Waals surface area contributed by atoms with Crippen LogP contribution in [0.1, 0.15) is 19.8 Å². The molecule has 0 amide bonds. The van der Waals surface area contributed by atoms with Crippen molar-refractivity contribution >= 4 is 7.82 Å². The lowest BCUT2D eigenvalue weighted by Gasteiger charge is -2.01. The van der Waals surface area contributed by atoms with Crippen LogP contribution in [0.15, 0.2) is 0 Å². The Balaban J connectivity index is 0. The van der Waals surface area contributed by atoms with Gasteiger partial charge in [-0.3, -0.25) is 9.05 Å². The number of aliphatic hydroxyl groups excluding tert-OH is 1. The Hall–Kier alpha value is 0.0700. The summed E-state index contributed by atoms with van der Waals surface area (Å²) < 4.78 is 18.0. The van der Waals surface area contributed by atoms with Gasteiger partial charge in [-0.1, -0.05) is 13.3 Å². The molecule has 0 aromatic rings. The van der Waals surface area contributed by atoms with E-state index < -0.39 is 7.82 Å². The molecular weight excluding hydrogens is 183 g/mol. The molecule has 0 fully saturated rings. The topological polar surface area (TPSA) is 76.0 Å². The first-order chi connectivity index (χ1) is 5.54. The van der Waals surface area contributed by atoms with Crippen molar-refractivity contribution in [1.82, 2.24) is 0 Å². The van der Waals surface area contributed by atoms with Gasteiger partial charge in [0.1, 0.15) is 0 Å². The Morgan fingerprint density at radius 3 is 1.75 bits per heavy atom. The maximum Gasteiger partial charge on any atom is 0.471 e. The number of aliphatic hydroxyl groups is 1. The van der Waals surface area contributed by atoms with Gasteiger partial charge in [0, 0.05) is 20.8 Å². The third-order valence-electron chi connectivity index (χ3n) is 0.973. The number of phosphoric ester groups is 1. The summed E-state index contributed by atoms with van der Waals surface area (Å²) in [6.07, 6.45) is 2.04. The minimum atomic E-state index is -3.65. The molecule has 0 aliphatic carbocycles. The first-order valence-corrected chi connectivity index (χ1v) is 5.08. The third kappa shape index (κ3) is 12.7. The van der Waals surface area contributed by atoms with Crippen molar-refractivity contribution < 1.29 is 23.6 Å². The van der Waals surface area contributed by atoms with Crippen molar-refractivity contribution in [2.24, 2.45) is 0 Å². The van der Waals surface area contributed by atoms with Gasteiger partial charge in [0.25, 0.3) is 0 Å². The fraction of sp³-hybridized carbons (Fsp3) is 1.00. The lowest BCUT2D eigenvalue weighted by molar-refractivity contribution is 0.204. The van der Waals surface area contributed by atoms with Crippen LogP contribution < -0.4 is 0 Å². The molecule has 2 N–H and O–H groups in total. The molecule has 0 unspecified atom stereocenters. The van der Waals surface area contributed by atoms with Crippen LogP contribution in [0.3, 0.4) is 0 Å². The van der Waals surface area contributed by atoms with Crippen LogP contribution in [-0.2, 0) is 13.6 Å². The molecule has 0 bridgehead atoms. The van der Waals surface area contributed by atoms with Gasteiger partial charge in [0.05, 0.1) is 0 Å². The maximum atomic E-state index is 10.1. The fourth-order valence-electron chi connectivity index (χ4n) is 0.233. The second kappa shape index (κ2) is 9.16. The number of hydrogen-bond donors (Lipinski definition) is 2. The van der Waals surface area contributed by atoms with Crippen LogP contribution in [0, 0.1) is 0 Å². The van der Waals surface area contributed by atoms with Gasteiger partial charge in [0.2, 0.25) is 0 Å². The lowest BCUT2D eigenvalue weighted by atomic mass is 10.4. The molecule has 0 aliphatic heterocycles. The zero-order valence-electron chi connectivity index (χ0n) is 7.69. The van der Waals surface area contributed by atoms with Crippen LogP contribution in [0.25, 0.3) is 0 Å². The first-order valence-electron chi connectivity index (χ1n) is 3.59. The van der Waals surface area contributed by atoms with E-state index in [4.69, 9.17) is 10.00 Å². The van der Waals surface area contributed by atoms with Gasteiger partial charge in [-0.25, -0.2) is 4.57 Å². The zero-order valence-corrected chi connectivity index (χ0v) is 8.58. The summed E-state index contributed by atoms with van der Waals surface area (Å²) >= 11 is 0. The minimum absolute atomic E-state index is 0.344. The number of rotatable bonds is 4. The number of phosphoric acid groups is 1. The van der Waals surface area contributed by atoms with E-state index in [2.05, 4.69) is 16.0 Å². The highest BCUT2D eigenvalue weighted by Gasteiger charge is 2.13. The molecule has 0 heterocycles. The SMILES string of the molecule is CCCCO.COP(=O)(O)OC. The third-order valence-corrected chi connectivity index (χ3v) is 1.90. The molecule has 6 heteroatoms. The Labute approximate surface area is 72.9 Å². The van der Waals surface area contributed by atoms with Gasteiger partial charge < -0.3 is 10.00 Å². The van der Waals surface area contributed by atoms with Crippen molar-refractivity contribution in [3.8, 4) is 0 Å². The Kier molecular flexibility index (Phi) is 11.1. The van der Waals surface area contributed by atoms with Gasteiger partial charge in [-0.05, 0) is 6.42 Å². The summed E-state index contributed by atoms with van der Waals surface area (Å²) in [7, 11) is -1.45. The van der Waals surface area contributed by atoms with Gasteiger partial charge in [-0.15, -0.1) is 0 Å². The normalized spacial score (nSPS) is 10.4. The second-order valence-electron chi connectivity index (χ2n) is 1.91. The number of hydrogen-bond acceptors (Lipinski definition) is 4. The molecule has 0 aromatic carbocycles. The molecule has 12 heavy (non-hydrogen) atoms. The highest BCUT2D eigenvalue weighted by atomic mass is 31.2. The van der Waals surface area contributed by atoms with Crippen LogP contribution in [0.2, 0.25) is 0 Å². The molecule has 76 valence electrons. The largest absolute Gasteiger partial charge is 0.471 e. The van der Waals surface area contributed by atoms with E-state index in [1.807, 2.05) is 0 Å². The first kappa shape index (κ1) is 14.6. The van der Waals surface area contributed by atoms with Crippen molar-refractivity contribution in [3.05, 3.63) is 0 Å². The Morgan fingerprint density at radius 2 is 1.75 bits per heavy atom. The van der Waals surface area contributed by atoms with Crippen molar-refractivity contribution in [2.45, 2.75) is 19.8 Å². The average molecular weight is 200 g/mol. The summed E-state index contributed by atoms with van der Waals surface area (Å²) in [5.74, 6) is 0. The summed E-state index contributed by atoms with van der Waals surface area (Å²) in [5, 5.41) is 8.07. The average Bonchev–Trinajstić information content (AvgIpc) is 2.07. The van der Waals surface area contributed by atoms with Crippen molar-refractivity contribution in [1.29, 1.82) is 0 Å². The van der Waals surface area contributed by atoms with E-state index in [9.17, 15) is 4.57 Å². The van der Waals surface area contributed by atoms with Crippen LogP contribution >= 0.6 is 7.82 Å². The summed E-state index contributed by atoms with van der Waals surface area (Å²) in [5.41, 5.74) is 0. The number of unbranched alkanes of at least 4 members (excludes halogenated alkanes) is 1. The van der Waals surface area contributed by atoms with Crippen molar-refractivity contribution in [2.75, 3.05) is 20.8 Å². The Bertz CT molecular complexity index is 117. The molecule has 0 atom stereocenters. The molecule has 0 spiro atoms. The summed E-state index contributed by atoms with van der Waals surface area (Å²) in [6.45, 7) is 2.40. The van der Waals surface area contributed by atoms with Gasteiger partial charge in [-0.2, -0.15) is 0 Å². The maximum absolute atomic E-state index is 10.1. The predicted molar refractivity (Wildman–Crippen MR) is 45.8 cm³/mol. The highest BCUT2D eigenvalue weighted by Crippen LogP contribution is 2.40. The van der Waals surface area contributed by atoms with Crippen LogP contribution in [0.4, 0.5) is 0 Å². The molecule has 0 aliphatic rings. The predicted octanol–water partition coefficient (Wildman–Crippen LogP) is 1.16. The standard InChI is InChI=1S/C4H10O.C2H7O4P/c1-2-3-4-5;1-5-7(3,4)6-2/h5H,2-4H2,1H3;1-2H3,(H,3,4). The Morgan fingerprint density at radius 1 is 1.33 bits per heavy atom. The molecule has 0 aromatic heterocycles. The second-order valence-corrected chi connectivity index (χ2v) is 3.58. The molecule has 0 saturated heterocycles. The van der Waals surface area contributed by atoms with Gasteiger partial charge in [0.15, 0.2) is 0 Å². The molecular formula is C6H17O5P. The minimum Gasteiger partial charge on any atom is -0.396 e. The monoisotopic (exact) mass is 200 g/mol. The van der Waals surface area contributed by atoms with E-state index in [-0.39, 0.29) is 0 Å². The van der Waals surface area contributed by atoms with Crippen molar-refractivity contribution in [3.63, 3.8) is 0 Å². The van der Waals surface area contributed by atoms with E-state index >= 15 is 0 Å². The lowest BCUT2D eigenvalue weighted by Crippen LogP contribution is -1.83. The van der Waals surface area contributed by atoms with E-state index in [1.165, 1.54) is 0 Å². The van der Waals surface area contributed by atoms with E-state index in [0.29, 0.717) is 6.61 Å². The quantitative estimate of drug-likeness (QED) is 0.666. The molecule has 5 nitrogen and oxygen atoms in total. The van der Waals surface area contributed by atoms with E-state index in [0.717, 1.165) is 27.1 Å². The molecule has 0 radical (unpaired) electrons. The van der Waals surface area contributed by atoms with Crippen LogP contribution in [-0.4, -0.2) is 30.8 Å². The molecule has 0 saturated carbocycles. The van der Waals surface area contributed by atoms with Gasteiger partial charge >= 0.3 is 7.82 Å². The summed E-state index contributed by atoms with van der Waals surface area (Å²) in [6, 6.07) is 0. The zero-order chi connectivity index (χ0) is 10.0. The summed E-state index contributed by atoms with van der Waals surface area (Å²) in [4.78, 5) is 8.24. The highest BCUT2D eigenvalue weighted by molar-refractivity contribution is 7.47. The smallest absolute Gasteiger partial charge is 0.396 e. The fourth-order valence-corrected chi connectivity index (χ4v) is 0.382. The molecule has 0 rings (SSSR count).